The van der Waals surface area contributed by atoms with E-state index in [2.05, 4.69) is 71.4 Å². The van der Waals surface area contributed by atoms with Gasteiger partial charge in [0.25, 0.3) is 0 Å². The van der Waals surface area contributed by atoms with E-state index in [4.69, 9.17) is 0 Å². The number of thioether (sulfide) groups is 1. The summed E-state index contributed by atoms with van der Waals surface area (Å²) in [6, 6.07) is 0. The Hall–Kier alpha value is 0.527. The summed E-state index contributed by atoms with van der Waals surface area (Å²) in [6.45, 7) is 20.1. The highest BCUT2D eigenvalue weighted by Crippen LogP contribution is 2.69. The van der Waals surface area contributed by atoms with Crippen LogP contribution >= 0.6 is 11.8 Å². The van der Waals surface area contributed by atoms with Crippen LogP contribution in [0.3, 0.4) is 0 Å². The third-order valence-corrected chi connectivity index (χ3v) is 14.9. The van der Waals surface area contributed by atoms with E-state index in [1.54, 1.807) is 6.42 Å². The van der Waals surface area contributed by atoms with Gasteiger partial charge in [0.2, 0.25) is 0 Å². The Kier molecular flexibility index (Phi) is 5.67. The minimum absolute atomic E-state index is 0.247. The van der Waals surface area contributed by atoms with E-state index in [1.807, 2.05) is 0 Å². The molecule has 0 aromatic carbocycles. The van der Waals surface area contributed by atoms with Gasteiger partial charge in [0.15, 0.2) is 0 Å². The lowest BCUT2D eigenvalue weighted by molar-refractivity contribution is 0.0820. The summed E-state index contributed by atoms with van der Waals surface area (Å²) >= 11 is 2.50. The molecule has 3 heteroatoms. The van der Waals surface area contributed by atoms with E-state index in [9.17, 15) is 0 Å². The van der Waals surface area contributed by atoms with Crippen LogP contribution < -0.4 is 4.98 Å². The Labute approximate surface area is 181 Å². The van der Waals surface area contributed by atoms with Crippen LogP contribution in [-0.2, 0) is 0 Å². The molecule has 8 atom stereocenters. The van der Waals surface area contributed by atoms with Crippen LogP contribution in [-0.4, -0.2) is 24.3 Å². The molecule has 28 heavy (non-hydrogen) atoms. The molecule has 4 fully saturated rings. The van der Waals surface area contributed by atoms with Crippen molar-refractivity contribution in [1.82, 2.24) is 4.98 Å². The Morgan fingerprint density at radius 3 is 2.14 bits per heavy atom. The molecule has 1 nitrogen and oxygen atoms in total. The topological polar surface area (TPSA) is 12.0 Å². The van der Waals surface area contributed by atoms with E-state index in [0.717, 1.165) is 45.6 Å². The first kappa shape index (κ1) is 21.7. The van der Waals surface area contributed by atoms with Gasteiger partial charge in [-0.1, -0.05) is 46.7 Å². The molecule has 0 radical (unpaired) electrons. The van der Waals surface area contributed by atoms with Crippen molar-refractivity contribution >= 4 is 20.0 Å². The van der Waals surface area contributed by atoms with Crippen molar-refractivity contribution in [2.75, 3.05) is 0 Å². The number of rotatable bonds is 2. The molecule has 8 unspecified atom stereocenters. The van der Waals surface area contributed by atoms with Gasteiger partial charge in [0, 0.05) is 16.0 Å². The van der Waals surface area contributed by atoms with Crippen molar-refractivity contribution in [3.05, 3.63) is 0 Å². The van der Waals surface area contributed by atoms with Crippen LogP contribution in [0.25, 0.3) is 0 Å². The monoisotopic (exact) mass is 421 g/mol. The predicted molar refractivity (Wildman–Crippen MR) is 129 cm³/mol. The van der Waals surface area contributed by atoms with E-state index in [0.29, 0.717) is 5.41 Å². The van der Waals surface area contributed by atoms with Crippen LogP contribution in [0.1, 0.15) is 86.5 Å². The fourth-order valence-corrected chi connectivity index (χ4v) is 16.3. The summed E-state index contributed by atoms with van der Waals surface area (Å²) in [6.07, 6.45) is 10.6. The smallest absolute Gasteiger partial charge is 0.124 e. The van der Waals surface area contributed by atoms with Crippen molar-refractivity contribution in [3.63, 3.8) is 0 Å². The molecule has 0 aromatic rings. The second kappa shape index (κ2) is 7.30. The van der Waals surface area contributed by atoms with Gasteiger partial charge in [-0.05, 0) is 93.4 Å². The zero-order chi connectivity index (χ0) is 20.5. The molecule has 0 bridgehead atoms. The molecule has 4 aliphatic rings. The van der Waals surface area contributed by atoms with Crippen LogP contribution in [0.2, 0.25) is 18.6 Å². The first-order chi connectivity index (χ1) is 12.9. The van der Waals surface area contributed by atoms with Crippen LogP contribution in [0, 0.1) is 35.0 Å². The van der Waals surface area contributed by atoms with Gasteiger partial charge in [0.1, 0.15) is 8.24 Å². The second-order valence-electron chi connectivity index (χ2n) is 13.5. The molecule has 1 heterocycles. The molecule has 1 N–H and O–H groups in total. The third kappa shape index (κ3) is 3.91. The summed E-state index contributed by atoms with van der Waals surface area (Å²) < 4.78 is 0. The fraction of sp³-hybridized carbons (Fsp3) is 1.00. The molecule has 3 aliphatic carbocycles. The van der Waals surface area contributed by atoms with Crippen LogP contribution in [0.5, 0.6) is 0 Å². The van der Waals surface area contributed by atoms with Gasteiger partial charge in [-0.2, -0.15) is 11.8 Å². The molecule has 4 rings (SSSR count). The van der Waals surface area contributed by atoms with E-state index >= 15 is 0 Å². The molecule has 0 spiro atoms. The van der Waals surface area contributed by atoms with Gasteiger partial charge in [0.05, 0.1) is 0 Å². The van der Waals surface area contributed by atoms with Crippen molar-refractivity contribution < 1.29 is 0 Å². The summed E-state index contributed by atoms with van der Waals surface area (Å²) in [5.74, 6) is 5.09. The molecule has 1 aliphatic heterocycles. The fourth-order valence-electron chi connectivity index (χ4n) is 8.30. The summed E-state index contributed by atoms with van der Waals surface area (Å²) in [4.78, 5) is 4.24. The first-order valence-corrected chi connectivity index (χ1v) is 16.4. The second-order valence-corrected chi connectivity index (χ2v) is 19.3. The normalized spacial score (nSPS) is 44.1. The lowest BCUT2D eigenvalue weighted by Crippen LogP contribution is -2.59. The van der Waals surface area contributed by atoms with Crippen LogP contribution in [0.15, 0.2) is 0 Å². The zero-order valence-corrected chi connectivity index (χ0v) is 21.8. The molecule has 3 saturated carbocycles. The average molecular weight is 422 g/mol. The maximum atomic E-state index is 4.24. The molecule has 162 valence electrons. The van der Waals surface area contributed by atoms with Crippen molar-refractivity contribution in [1.29, 1.82) is 0 Å². The van der Waals surface area contributed by atoms with Crippen molar-refractivity contribution in [3.8, 4) is 0 Å². The average Bonchev–Trinajstić information content (AvgIpc) is 3.04. The van der Waals surface area contributed by atoms with E-state index in [1.165, 1.54) is 38.5 Å². The Balaban J connectivity index is 1.67. The largest absolute Gasteiger partial charge is 0.332 e. The molecule has 0 aromatic heterocycles. The highest BCUT2D eigenvalue weighted by Gasteiger charge is 2.63. The number of hydrogen-bond donors (Lipinski definition) is 1. The minimum Gasteiger partial charge on any atom is -0.332 e. The van der Waals surface area contributed by atoms with Gasteiger partial charge >= 0.3 is 0 Å². The minimum atomic E-state index is -1.52. The Morgan fingerprint density at radius 1 is 0.821 bits per heavy atom. The SMILES string of the molecule is CC(C)(C)N[Si](C)(C)C1C2CC(C(C)(C)C)CCC2C2C3CCCCC3SC21. The lowest BCUT2D eigenvalue weighted by atomic mass is 9.63. The summed E-state index contributed by atoms with van der Waals surface area (Å²) in [5, 5.41) is 1.98. The molecule has 1 saturated heterocycles. The maximum absolute atomic E-state index is 4.24. The highest BCUT2D eigenvalue weighted by atomic mass is 32.2. The van der Waals surface area contributed by atoms with E-state index < -0.39 is 8.24 Å². The van der Waals surface area contributed by atoms with Gasteiger partial charge in [-0.15, -0.1) is 0 Å². The number of fused-ring (bicyclic) bond motifs is 5. The highest BCUT2D eigenvalue weighted by molar-refractivity contribution is 8.01. The Bertz CT molecular complexity index is 574. The maximum Gasteiger partial charge on any atom is 0.124 e. The standard InChI is InChI=1S/C25H47NSSi/c1-24(2,3)16-13-14-17-19(15-16)23(28(7,8)26-25(4,5)6)22-21(17)18-11-9-10-12-20(18)27-22/h16-23,26H,9-15H2,1-8H3. The van der Waals surface area contributed by atoms with Gasteiger partial charge in [-0.25, -0.2) is 0 Å². The van der Waals surface area contributed by atoms with Crippen molar-refractivity contribution in [2.24, 2.45) is 35.0 Å². The van der Waals surface area contributed by atoms with E-state index in [-0.39, 0.29) is 5.54 Å². The quantitative estimate of drug-likeness (QED) is 0.468. The van der Waals surface area contributed by atoms with Gasteiger partial charge in [-0.3, -0.25) is 0 Å². The van der Waals surface area contributed by atoms with Crippen molar-refractivity contribution in [2.45, 2.75) is 121 Å². The number of nitrogens with one attached hydrogen (secondary N) is 1. The predicted octanol–water partition coefficient (Wildman–Crippen LogP) is 7.33. The molecule has 0 amide bonds. The molecular weight excluding hydrogens is 374 g/mol. The first-order valence-electron chi connectivity index (χ1n) is 12.3. The number of hydrogen-bond acceptors (Lipinski definition) is 2. The lowest BCUT2D eigenvalue weighted by Gasteiger charge is -2.47. The molecular formula is C25H47NSSi. The van der Waals surface area contributed by atoms with Gasteiger partial charge < -0.3 is 4.98 Å². The summed E-state index contributed by atoms with van der Waals surface area (Å²) in [5.41, 5.74) is 1.70. The van der Waals surface area contributed by atoms with Crippen LogP contribution in [0.4, 0.5) is 0 Å². The Morgan fingerprint density at radius 2 is 1.50 bits per heavy atom. The third-order valence-electron chi connectivity index (χ3n) is 8.98. The zero-order valence-electron chi connectivity index (χ0n) is 20.0. The summed E-state index contributed by atoms with van der Waals surface area (Å²) in [7, 11) is -1.52.